The maximum Gasteiger partial charge on any atom is 0.246 e. The summed E-state index contributed by atoms with van der Waals surface area (Å²) in [5, 5.41) is 12.3. The lowest BCUT2D eigenvalue weighted by Crippen LogP contribution is -2.60. The second-order valence-corrected chi connectivity index (χ2v) is 7.55. The van der Waals surface area contributed by atoms with Crippen molar-refractivity contribution in [3.05, 3.63) is 65.2 Å². The lowest BCUT2D eigenvalue weighted by atomic mass is 9.99. The van der Waals surface area contributed by atoms with Gasteiger partial charge in [0.2, 0.25) is 11.8 Å². The van der Waals surface area contributed by atoms with E-state index in [-0.39, 0.29) is 17.6 Å². The van der Waals surface area contributed by atoms with E-state index in [2.05, 4.69) is 17.4 Å². The van der Waals surface area contributed by atoms with Crippen LogP contribution in [-0.4, -0.2) is 58.9 Å². The van der Waals surface area contributed by atoms with Gasteiger partial charge >= 0.3 is 0 Å². The minimum absolute atomic E-state index is 0.00261. The number of phenolic OH excluding ortho intramolecular Hbond substituents is 1. The Labute approximate surface area is 164 Å². The zero-order chi connectivity index (χ0) is 19.5. The molecule has 2 amide bonds. The third-order valence-electron chi connectivity index (χ3n) is 5.54. The van der Waals surface area contributed by atoms with E-state index in [1.165, 1.54) is 11.1 Å². The zero-order valence-electron chi connectivity index (χ0n) is 15.8. The number of nitrogens with one attached hydrogen (secondary N) is 1. The van der Waals surface area contributed by atoms with Gasteiger partial charge in [0.15, 0.2) is 0 Å². The molecule has 1 saturated heterocycles. The Morgan fingerprint density at radius 2 is 1.82 bits per heavy atom. The van der Waals surface area contributed by atoms with E-state index in [1.807, 2.05) is 34.1 Å². The molecule has 1 atom stereocenters. The maximum absolute atomic E-state index is 13.0. The summed E-state index contributed by atoms with van der Waals surface area (Å²) in [5.74, 6) is 0.139. The van der Waals surface area contributed by atoms with E-state index < -0.39 is 6.04 Å². The van der Waals surface area contributed by atoms with Crippen molar-refractivity contribution in [1.82, 2.24) is 15.1 Å². The third-order valence-corrected chi connectivity index (χ3v) is 5.54. The number of carbonyl (C=O) groups excluding carboxylic acids is 2. The minimum Gasteiger partial charge on any atom is -0.508 e. The van der Waals surface area contributed by atoms with Gasteiger partial charge < -0.3 is 15.3 Å². The monoisotopic (exact) mass is 379 g/mol. The Balaban J connectivity index is 1.37. The van der Waals surface area contributed by atoms with E-state index in [9.17, 15) is 14.7 Å². The molecule has 0 aliphatic carbocycles. The topological polar surface area (TPSA) is 72.9 Å². The standard InChI is InChI=1S/C22H25N3O3/c26-19-7-5-16(6-8-19)9-11-24-14-20(23-21(27)15-24)22(28)25-12-10-17-3-1-2-4-18(17)13-25/h1-8,20,26H,9-15H2,(H,23,27)/t20-/m1/s1. The fourth-order valence-corrected chi connectivity index (χ4v) is 3.98. The second kappa shape index (κ2) is 8.02. The van der Waals surface area contributed by atoms with Crippen LogP contribution >= 0.6 is 0 Å². The Morgan fingerprint density at radius 1 is 1.07 bits per heavy atom. The van der Waals surface area contributed by atoms with Gasteiger partial charge in [-0.05, 0) is 41.7 Å². The summed E-state index contributed by atoms with van der Waals surface area (Å²) in [6, 6.07) is 14.8. The predicted octanol–water partition coefficient (Wildman–Crippen LogP) is 1.32. The normalized spacial score (nSPS) is 19.8. The van der Waals surface area contributed by atoms with Crippen LogP contribution in [0.15, 0.2) is 48.5 Å². The van der Waals surface area contributed by atoms with Crippen LogP contribution < -0.4 is 5.32 Å². The molecule has 2 aliphatic rings. The van der Waals surface area contributed by atoms with Gasteiger partial charge in [-0.1, -0.05) is 36.4 Å². The number of rotatable bonds is 4. The molecule has 146 valence electrons. The third kappa shape index (κ3) is 4.17. The molecule has 0 radical (unpaired) electrons. The van der Waals surface area contributed by atoms with Gasteiger partial charge in [-0.2, -0.15) is 0 Å². The van der Waals surface area contributed by atoms with Crippen LogP contribution in [-0.2, 0) is 29.0 Å². The first kappa shape index (κ1) is 18.5. The summed E-state index contributed by atoms with van der Waals surface area (Å²) >= 11 is 0. The largest absolute Gasteiger partial charge is 0.508 e. The van der Waals surface area contributed by atoms with Crippen molar-refractivity contribution in [2.45, 2.75) is 25.4 Å². The summed E-state index contributed by atoms with van der Waals surface area (Å²) < 4.78 is 0. The Hall–Kier alpha value is -2.86. The van der Waals surface area contributed by atoms with Crippen LogP contribution in [0.1, 0.15) is 16.7 Å². The first-order chi connectivity index (χ1) is 13.6. The summed E-state index contributed by atoms with van der Waals surface area (Å²) in [5.41, 5.74) is 3.59. The van der Waals surface area contributed by atoms with Crippen LogP contribution in [0.3, 0.4) is 0 Å². The van der Waals surface area contributed by atoms with Crippen molar-refractivity contribution in [2.24, 2.45) is 0 Å². The Morgan fingerprint density at radius 3 is 2.61 bits per heavy atom. The zero-order valence-corrected chi connectivity index (χ0v) is 15.8. The molecule has 0 unspecified atom stereocenters. The highest BCUT2D eigenvalue weighted by Crippen LogP contribution is 2.20. The molecule has 2 aromatic rings. The van der Waals surface area contributed by atoms with Gasteiger partial charge in [0, 0.05) is 26.2 Å². The van der Waals surface area contributed by atoms with Gasteiger partial charge in [-0.3, -0.25) is 14.5 Å². The van der Waals surface area contributed by atoms with Crippen molar-refractivity contribution < 1.29 is 14.7 Å². The number of aromatic hydroxyl groups is 1. The van der Waals surface area contributed by atoms with Crippen LogP contribution in [0.4, 0.5) is 0 Å². The molecule has 2 heterocycles. The van der Waals surface area contributed by atoms with Crippen LogP contribution in [0.25, 0.3) is 0 Å². The number of piperazine rings is 1. The van der Waals surface area contributed by atoms with Crippen molar-refractivity contribution >= 4 is 11.8 Å². The summed E-state index contributed by atoms with van der Waals surface area (Å²) in [6.07, 6.45) is 1.62. The molecule has 0 aromatic heterocycles. The Bertz CT molecular complexity index is 866. The number of hydrogen-bond acceptors (Lipinski definition) is 4. The highest BCUT2D eigenvalue weighted by atomic mass is 16.3. The molecule has 2 N–H and O–H groups in total. The molecule has 2 aromatic carbocycles. The Kier molecular flexibility index (Phi) is 5.30. The van der Waals surface area contributed by atoms with Crippen molar-refractivity contribution in [3.63, 3.8) is 0 Å². The molecular formula is C22H25N3O3. The molecule has 1 fully saturated rings. The van der Waals surface area contributed by atoms with Crippen LogP contribution in [0.5, 0.6) is 5.75 Å². The maximum atomic E-state index is 13.0. The fraction of sp³-hybridized carbons (Fsp3) is 0.364. The summed E-state index contributed by atoms with van der Waals surface area (Å²) in [6.45, 7) is 2.83. The highest BCUT2D eigenvalue weighted by molar-refractivity contribution is 5.89. The number of phenols is 1. The van der Waals surface area contributed by atoms with Crippen molar-refractivity contribution in [2.75, 3.05) is 26.2 Å². The van der Waals surface area contributed by atoms with Gasteiger partial charge in [0.25, 0.3) is 0 Å². The molecule has 0 bridgehead atoms. The quantitative estimate of drug-likeness (QED) is 0.841. The summed E-state index contributed by atoms with van der Waals surface area (Å²) in [4.78, 5) is 29.1. The van der Waals surface area contributed by atoms with E-state index in [1.54, 1.807) is 12.1 Å². The number of hydrogen-bond donors (Lipinski definition) is 2. The van der Waals surface area contributed by atoms with Crippen molar-refractivity contribution in [1.29, 1.82) is 0 Å². The lowest BCUT2D eigenvalue weighted by molar-refractivity contribution is -0.140. The molecule has 28 heavy (non-hydrogen) atoms. The van der Waals surface area contributed by atoms with Crippen LogP contribution in [0.2, 0.25) is 0 Å². The molecule has 6 nitrogen and oxygen atoms in total. The number of amides is 2. The van der Waals surface area contributed by atoms with Gasteiger partial charge in [-0.25, -0.2) is 0 Å². The van der Waals surface area contributed by atoms with E-state index in [0.29, 0.717) is 32.7 Å². The minimum atomic E-state index is -0.494. The molecule has 0 saturated carbocycles. The van der Waals surface area contributed by atoms with E-state index in [0.717, 1.165) is 18.4 Å². The van der Waals surface area contributed by atoms with E-state index >= 15 is 0 Å². The van der Waals surface area contributed by atoms with Crippen molar-refractivity contribution in [3.8, 4) is 5.75 Å². The smallest absolute Gasteiger partial charge is 0.246 e. The number of benzene rings is 2. The molecule has 4 rings (SSSR count). The fourth-order valence-electron chi connectivity index (χ4n) is 3.98. The molecule has 2 aliphatic heterocycles. The predicted molar refractivity (Wildman–Crippen MR) is 106 cm³/mol. The number of carbonyl (C=O) groups is 2. The lowest BCUT2D eigenvalue weighted by Gasteiger charge is -2.36. The number of fused-ring (bicyclic) bond motifs is 1. The molecule has 6 heteroatoms. The first-order valence-electron chi connectivity index (χ1n) is 9.74. The SMILES string of the molecule is O=C1CN(CCc2ccc(O)cc2)C[C@H](C(=O)N2CCc3ccccc3C2)N1. The first-order valence-corrected chi connectivity index (χ1v) is 9.74. The number of nitrogens with zero attached hydrogens (tertiary/aromatic N) is 2. The van der Waals surface area contributed by atoms with E-state index in [4.69, 9.17) is 0 Å². The molecule has 0 spiro atoms. The summed E-state index contributed by atoms with van der Waals surface area (Å²) in [7, 11) is 0. The average molecular weight is 379 g/mol. The highest BCUT2D eigenvalue weighted by Gasteiger charge is 2.33. The van der Waals surface area contributed by atoms with Gasteiger partial charge in [0.1, 0.15) is 11.8 Å². The average Bonchev–Trinajstić information content (AvgIpc) is 2.72. The molecular weight excluding hydrogens is 354 g/mol. The van der Waals surface area contributed by atoms with Gasteiger partial charge in [-0.15, -0.1) is 0 Å². The van der Waals surface area contributed by atoms with Gasteiger partial charge in [0.05, 0.1) is 6.54 Å². The van der Waals surface area contributed by atoms with Crippen LogP contribution in [0, 0.1) is 0 Å². The second-order valence-electron chi connectivity index (χ2n) is 7.55.